The fourth-order valence-corrected chi connectivity index (χ4v) is 1.56. The van der Waals surface area contributed by atoms with Gasteiger partial charge in [-0.2, -0.15) is 4.99 Å². The lowest BCUT2D eigenvalue weighted by molar-refractivity contribution is 1.19. The molecule has 5 N–H and O–H groups in total. The normalized spacial score (nSPS) is 9.69. The van der Waals surface area contributed by atoms with Crippen molar-refractivity contribution >= 4 is 29.2 Å². The predicted molar refractivity (Wildman–Crippen MR) is 68.1 cm³/mol. The van der Waals surface area contributed by atoms with Crippen LogP contribution in [0.5, 0.6) is 0 Å². The maximum Gasteiger partial charge on any atom is 0.225 e. The first-order valence-corrected chi connectivity index (χ1v) is 4.97. The Balaban J connectivity index is 3.01. The largest absolute Gasteiger partial charge is 0.370 e. The van der Waals surface area contributed by atoms with Crippen molar-refractivity contribution < 1.29 is 0 Å². The van der Waals surface area contributed by atoms with Crippen LogP contribution in [0.1, 0.15) is 5.56 Å². The third kappa shape index (κ3) is 2.87. The number of benzene rings is 1. The van der Waals surface area contributed by atoms with Gasteiger partial charge in [0.25, 0.3) is 0 Å². The molecule has 0 aliphatic carbocycles. The highest BCUT2D eigenvalue weighted by atomic mass is 35.5. The molecule has 5 nitrogen and oxygen atoms in total. The van der Waals surface area contributed by atoms with Gasteiger partial charge in [0.2, 0.25) is 5.96 Å². The number of aliphatic imine (C=N–C) groups is 1. The van der Waals surface area contributed by atoms with Gasteiger partial charge in [-0.1, -0.05) is 17.7 Å². The van der Waals surface area contributed by atoms with Gasteiger partial charge < -0.3 is 16.4 Å². The van der Waals surface area contributed by atoms with E-state index in [1.165, 1.54) is 4.90 Å². The SMILES string of the molecule is Cc1ccc(N(C)C(=N)N=C(N)N)c(Cl)c1. The molecule has 0 amide bonds. The highest BCUT2D eigenvalue weighted by Crippen LogP contribution is 2.25. The number of anilines is 1. The van der Waals surface area contributed by atoms with Crippen LogP contribution in [0, 0.1) is 12.3 Å². The predicted octanol–water partition coefficient (Wildman–Crippen LogP) is 1.29. The molecule has 6 heteroatoms. The number of aryl methyl sites for hydroxylation is 1. The second-order valence-corrected chi connectivity index (χ2v) is 3.78. The van der Waals surface area contributed by atoms with Crippen LogP contribution < -0.4 is 16.4 Å². The minimum atomic E-state index is -0.153. The van der Waals surface area contributed by atoms with Crippen LogP contribution in [-0.4, -0.2) is 19.0 Å². The lowest BCUT2D eigenvalue weighted by Gasteiger charge is -2.18. The second kappa shape index (κ2) is 4.85. The molecule has 86 valence electrons. The van der Waals surface area contributed by atoms with Crippen molar-refractivity contribution in [3.05, 3.63) is 28.8 Å². The monoisotopic (exact) mass is 239 g/mol. The van der Waals surface area contributed by atoms with Gasteiger partial charge in [0.05, 0.1) is 10.7 Å². The van der Waals surface area contributed by atoms with E-state index in [9.17, 15) is 0 Å². The lowest BCUT2D eigenvalue weighted by Crippen LogP contribution is -2.30. The molecular weight excluding hydrogens is 226 g/mol. The first-order valence-electron chi connectivity index (χ1n) is 4.60. The van der Waals surface area contributed by atoms with Crippen LogP contribution in [0.3, 0.4) is 0 Å². The molecule has 0 aliphatic rings. The summed E-state index contributed by atoms with van der Waals surface area (Å²) in [5, 5.41) is 8.19. The summed E-state index contributed by atoms with van der Waals surface area (Å²) in [4.78, 5) is 5.14. The van der Waals surface area contributed by atoms with Crippen LogP contribution in [-0.2, 0) is 0 Å². The molecule has 16 heavy (non-hydrogen) atoms. The van der Waals surface area contributed by atoms with Crippen molar-refractivity contribution in [2.75, 3.05) is 11.9 Å². The summed E-state index contributed by atoms with van der Waals surface area (Å²) in [6.07, 6.45) is 0. The van der Waals surface area contributed by atoms with Gasteiger partial charge in [-0.15, -0.1) is 0 Å². The summed E-state index contributed by atoms with van der Waals surface area (Å²) in [7, 11) is 1.67. The molecule has 0 aliphatic heterocycles. The molecule has 0 atom stereocenters. The van der Waals surface area contributed by atoms with E-state index in [1.54, 1.807) is 7.05 Å². The van der Waals surface area contributed by atoms with Crippen molar-refractivity contribution in [3.63, 3.8) is 0 Å². The molecule has 0 bridgehead atoms. The zero-order valence-corrected chi connectivity index (χ0v) is 9.92. The van der Waals surface area contributed by atoms with Crippen molar-refractivity contribution in [2.24, 2.45) is 16.5 Å². The van der Waals surface area contributed by atoms with E-state index in [-0.39, 0.29) is 11.9 Å². The molecule has 1 aromatic rings. The minimum absolute atomic E-state index is 0.0641. The Labute approximate surface area is 99.2 Å². The number of nitrogens with one attached hydrogen (secondary N) is 1. The Hall–Kier alpha value is -1.75. The van der Waals surface area contributed by atoms with Crippen LogP contribution in [0.25, 0.3) is 0 Å². The quantitative estimate of drug-likeness (QED) is 0.509. The summed E-state index contributed by atoms with van der Waals surface area (Å²) < 4.78 is 0. The fourth-order valence-electron chi connectivity index (χ4n) is 1.20. The number of nitrogens with zero attached hydrogens (tertiary/aromatic N) is 2. The van der Waals surface area contributed by atoms with Crippen LogP contribution in [0.4, 0.5) is 5.69 Å². The maximum atomic E-state index is 7.63. The summed E-state index contributed by atoms with van der Waals surface area (Å²) in [5.74, 6) is -0.217. The molecule has 0 saturated carbocycles. The summed E-state index contributed by atoms with van der Waals surface area (Å²) >= 11 is 6.06. The molecule has 0 heterocycles. The third-order valence-electron chi connectivity index (χ3n) is 2.02. The lowest BCUT2D eigenvalue weighted by atomic mass is 10.2. The number of nitrogens with two attached hydrogens (primary N) is 2. The van der Waals surface area contributed by atoms with E-state index in [1.807, 2.05) is 25.1 Å². The number of guanidine groups is 2. The van der Waals surface area contributed by atoms with Gasteiger partial charge in [0, 0.05) is 7.05 Å². The van der Waals surface area contributed by atoms with E-state index in [0.29, 0.717) is 10.7 Å². The molecule has 0 radical (unpaired) electrons. The van der Waals surface area contributed by atoms with E-state index < -0.39 is 0 Å². The first-order chi connectivity index (χ1) is 7.41. The summed E-state index contributed by atoms with van der Waals surface area (Å²) in [6, 6.07) is 5.53. The zero-order chi connectivity index (χ0) is 12.3. The van der Waals surface area contributed by atoms with Gasteiger partial charge >= 0.3 is 0 Å². The molecular formula is C10H14ClN5. The average Bonchev–Trinajstić information content (AvgIpc) is 2.15. The Morgan fingerprint density at radius 2 is 2.06 bits per heavy atom. The Bertz CT molecular complexity index is 437. The molecule has 0 spiro atoms. The van der Waals surface area contributed by atoms with Gasteiger partial charge in [0.15, 0.2) is 5.96 Å². The standard InChI is InChI=1S/C10H14ClN5/c1-6-3-4-8(7(11)5-6)16(2)10(14)15-9(12)13/h3-5H,1-2H3,(H5,12,13,14,15). The fraction of sp³-hybridized carbons (Fsp3) is 0.200. The van der Waals surface area contributed by atoms with Crippen molar-refractivity contribution in [2.45, 2.75) is 6.92 Å². The van der Waals surface area contributed by atoms with E-state index >= 15 is 0 Å². The summed E-state index contributed by atoms with van der Waals surface area (Å²) in [5.41, 5.74) is 12.1. The van der Waals surface area contributed by atoms with Crippen molar-refractivity contribution in [1.82, 2.24) is 0 Å². The zero-order valence-electron chi connectivity index (χ0n) is 9.16. The number of hydrogen-bond acceptors (Lipinski definition) is 1. The number of hydrogen-bond donors (Lipinski definition) is 3. The Morgan fingerprint density at radius 3 is 2.56 bits per heavy atom. The van der Waals surface area contributed by atoms with E-state index in [0.717, 1.165) is 5.56 Å². The number of halogens is 1. The third-order valence-corrected chi connectivity index (χ3v) is 2.32. The smallest absolute Gasteiger partial charge is 0.225 e. The molecule has 0 saturated heterocycles. The first kappa shape index (κ1) is 12.3. The van der Waals surface area contributed by atoms with E-state index in [2.05, 4.69) is 4.99 Å². The second-order valence-electron chi connectivity index (χ2n) is 3.37. The molecule has 0 aromatic heterocycles. The molecule has 0 unspecified atom stereocenters. The highest BCUT2D eigenvalue weighted by molar-refractivity contribution is 6.34. The van der Waals surface area contributed by atoms with Gasteiger partial charge in [-0.3, -0.25) is 5.41 Å². The Morgan fingerprint density at radius 1 is 1.44 bits per heavy atom. The van der Waals surface area contributed by atoms with Crippen molar-refractivity contribution in [3.8, 4) is 0 Å². The molecule has 1 rings (SSSR count). The average molecular weight is 240 g/mol. The van der Waals surface area contributed by atoms with Crippen LogP contribution in [0.15, 0.2) is 23.2 Å². The van der Waals surface area contributed by atoms with E-state index in [4.69, 9.17) is 28.5 Å². The van der Waals surface area contributed by atoms with Crippen LogP contribution >= 0.6 is 11.6 Å². The summed E-state index contributed by atoms with van der Waals surface area (Å²) in [6.45, 7) is 1.94. The van der Waals surface area contributed by atoms with Crippen LogP contribution in [0.2, 0.25) is 5.02 Å². The van der Waals surface area contributed by atoms with Gasteiger partial charge in [-0.05, 0) is 24.6 Å². The number of rotatable bonds is 1. The highest BCUT2D eigenvalue weighted by Gasteiger charge is 2.10. The van der Waals surface area contributed by atoms with Gasteiger partial charge in [0.1, 0.15) is 0 Å². The minimum Gasteiger partial charge on any atom is -0.370 e. The Kier molecular flexibility index (Phi) is 3.73. The maximum absolute atomic E-state index is 7.63. The van der Waals surface area contributed by atoms with Crippen molar-refractivity contribution in [1.29, 1.82) is 5.41 Å². The molecule has 1 aromatic carbocycles. The topological polar surface area (TPSA) is 91.5 Å². The molecule has 0 fully saturated rings. The van der Waals surface area contributed by atoms with Gasteiger partial charge in [-0.25, -0.2) is 0 Å².